The fourth-order valence-electron chi connectivity index (χ4n) is 1.26. The number of nitriles is 1. The first-order chi connectivity index (χ1) is 7.24. The van der Waals surface area contributed by atoms with Gasteiger partial charge in [-0.2, -0.15) is 5.26 Å². The molecule has 0 saturated heterocycles. The Bertz CT molecular complexity index is 184. The van der Waals surface area contributed by atoms with Gasteiger partial charge in [0.15, 0.2) is 0 Å². The zero-order valence-electron chi connectivity index (χ0n) is 9.71. The van der Waals surface area contributed by atoms with Gasteiger partial charge in [0.1, 0.15) is 0 Å². The van der Waals surface area contributed by atoms with E-state index >= 15 is 0 Å². The van der Waals surface area contributed by atoms with Crippen LogP contribution >= 0.6 is 0 Å². The third kappa shape index (κ3) is 5.87. The second-order valence-electron chi connectivity index (χ2n) is 3.06. The second-order valence-corrected chi connectivity index (χ2v) is 6.15. The lowest BCUT2D eigenvalue weighted by Crippen LogP contribution is -2.43. The van der Waals surface area contributed by atoms with Crippen LogP contribution in [0, 0.1) is 11.3 Å². The molecule has 0 bridgehead atoms. The average Bonchev–Trinajstić information content (AvgIpc) is 2.29. The van der Waals surface area contributed by atoms with Crippen LogP contribution in [0.1, 0.15) is 12.8 Å². The molecule has 0 unspecified atom stereocenters. The largest absolute Gasteiger partial charge is 0.500 e. The summed E-state index contributed by atoms with van der Waals surface area (Å²) in [6.07, 6.45) is 1.47. The molecule has 0 aliphatic rings. The fourth-order valence-corrected chi connectivity index (χ4v) is 2.98. The first-order valence-corrected chi connectivity index (χ1v) is 6.91. The fraction of sp³-hybridized carbons (Fsp3) is 0.889. The number of hydrogen-bond acceptors (Lipinski definition) is 5. The van der Waals surface area contributed by atoms with Crippen molar-refractivity contribution in [3.05, 3.63) is 0 Å². The molecule has 0 amide bonds. The predicted molar refractivity (Wildman–Crippen MR) is 59.3 cm³/mol. The molecular formula is C9H20N2O3Si. The molecule has 0 radical (unpaired) electrons. The van der Waals surface area contributed by atoms with Crippen LogP contribution in [-0.4, -0.2) is 43.2 Å². The van der Waals surface area contributed by atoms with Crippen molar-refractivity contribution in [2.45, 2.75) is 18.9 Å². The van der Waals surface area contributed by atoms with Crippen LogP contribution in [0.5, 0.6) is 0 Å². The van der Waals surface area contributed by atoms with E-state index in [1.165, 1.54) is 0 Å². The summed E-state index contributed by atoms with van der Waals surface area (Å²) < 4.78 is 15.8. The van der Waals surface area contributed by atoms with E-state index in [2.05, 4.69) is 11.4 Å². The van der Waals surface area contributed by atoms with Crippen LogP contribution in [-0.2, 0) is 13.3 Å². The number of rotatable bonds is 9. The molecule has 1 N–H and O–H groups in total. The van der Waals surface area contributed by atoms with Crippen molar-refractivity contribution >= 4 is 8.80 Å². The van der Waals surface area contributed by atoms with Crippen molar-refractivity contribution in [1.29, 1.82) is 5.26 Å². The zero-order valence-corrected chi connectivity index (χ0v) is 10.7. The van der Waals surface area contributed by atoms with Crippen LogP contribution in [0.25, 0.3) is 0 Å². The smallest absolute Gasteiger partial charge is 0.377 e. The van der Waals surface area contributed by atoms with E-state index in [-0.39, 0.29) is 0 Å². The molecule has 0 aromatic carbocycles. The lowest BCUT2D eigenvalue weighted by molar-refractivity contribution is 0.123. The molecule has 0 aliphatic heterocycles. The van der Waals surface area contributed by atoms with Gasteiger partial charge in [-0.25, -0.2) is 0 Å². The molecule has 0 rings (SSSR count). The van der Waals surface area contributed by atoms with Crippen LogP contribution in [0.2, 0.25) is 6.04 Å². The van der Waals surface area contributed by atoms with Gasteiger partial charge in [0.2, 0.25) is 0 Å². The lowest BCUT2D eigenvalue weighted by Gasteiger charge is -2.24. The molecule has 5 nitrogen and oxygen atoms in total. The summed E-state index contributed by atoms with van der Waals surface area (Å²) in [4.78, 5) is 0. The summed E-state index contributed by atoms with van der Waals surface area (Å²) in [5.41, 5.74) is 0. The Labute approximate surface area is 92.7 Å². The monoisotopic (exact) mass is 232 g/mol. The summed E-state index contributed by atoms with van der Waals surface area (Å²) in [5.74, 6) is 0. The Kier molecular flexibility index (Phi) is 8.56. The molecule has 0 aliphatic carbocycles. The van der Waals surface area contributed by atoms with Crippen LogP contribution in [0.4, 0.5) is 0 Å². The minimum atomic E-state index is -2.39. The van der Waals surface area contributed by atoms with Gasteiger partial charge in [-0.1, -0.05) is 0 Å². The van der Waals surface area contributed by atoms with Gasteiger partial charge in [-0.05, 0) is 13.0 Å². The molecule has 88 valence electrons. The highest BCUT2D eigenvalue weighted by molar-refractivity contribution is 6.60. The Morgan fingerprint density at radius 3 is 2.20 bits per heavy atom. The summed E-state index contributed by atoms with van der Waals surface area (Å²) in [6.45, 7) is 1.59. The van der Waals surface area contributed by atoms with E-state index in [1.54, 1.807) is 21.3 Å². The molecule has 0 aromatic rings. The first-order valence-electron chi connectivity index (χ1n) is 4.97. The SMILES string of the molecule is CO[Si](CCCNCCC#N)(OC)OC. The Hall–Kier alpha value is -0.453. The van der Waals surface area contributed by atoms with Crippen LogP contribution < -0.4 is 5.32 Å². The average molecular weight is 232 g/mol. The zero-order chi connectivity index (χ0) is 11.6. The van der Waals surface area contributed by atoms with Crippen molar-refractivity contribution in [3.63, 3.8) is 0 Å². The van der Waals surface area contributed by atoms with E-state index in [0.29, 0.717) is 6.42 Å². The predicted octanol–water partition coefficient (Wildman–Crippen LogP) is 0.758. The summed E-state index contributed by atoms with van der Waals surface area (Å²) in [5, 5.41) is 11.5. The third-order valence-corrected chi connectivity index (χ3v) is 5.02. The topological polar surface area (TPSA) is 63.5 Å². The first kappa shape index (κ1) is 14.5. The quantitative estimate of drug-likeness (QED) is 0.469. The molecular weight excluding hydrogens is 212 g/mol. The highest BCUT2D eigenvalue weighted by Crippen LogP contribution is 2.14. The van der Waals surface area contributed by atoms with E-state index in [9.17, 15) is 0 Å². The van der Waals surface area contributed by atoms with Gasteiger partial charge in [-0.3, -0.25) is 0 Å². The molecule has 0 heterocycles. The van der Waals surface area contributed by atoms with E-state index < -0.39 is 8.80 Å². The van der Waals surface area contributed by atoms with Crippen molar-refractivity contribution in [3.8, 4) is 6.07 Å². The van der Waals surface area contributed by atoms with Crippen molar-refractivity contribution in [2.75, 3.05) is 34.4 Å². The van der Waals surface area contributed by atoms with Crippen LogP contribution in [0.15, 0.2) is 0 Å². The van der Waals surface area contributed by atoms with Crippen LogP contribution in [0.3, 0.4) is 0 Å². The maximum absolute atomic E-state index is 8.32. The number of nitrogens with zero attached hydrogens (tertiary/aromatic N) is 1. The van der Waals surface area contributed by atoms with Gasteiger partial charge >= 0.3 is 8.80 Å². The van der Waals surface area contributed by atoms with Crippen molar-refractivity contribution < 1.29 is 13.3 Å². The highest BCUT2D eigenvalue weighted by Gasteiger charge is 2.36. The van der Waals surface area contributed by atoms with Gasteiger partial charge < -0.3 is 18.6 Å². The molecule has 0 atom stereocenters. The van der Waals surface area contributed by atoms with Crippen molar-refractivity contribution in [1.82, 2.24) is 5.32 Å². The van der Waals surface area contributed by atoms with E-state index in [0.717, 1.165) is 25.6 Å². The normalized spacial score (nSPS) is 11.3. The van der Waals surface area contributed by atoms with Gasteiger partial charge in [0, 0.05) is 40.3 Å². The summed E-state index contributed by atoms with van der Waals surface area (Å²) >= 11 is 0. The maximum atomic E-state index is 8.32. The molecule has 15 heavy (non-hydrogen) atoms. The van der Waals surface area contributed by atoms with Gasteiger partial charge in [0.25, 0.3) is 0 Å². The maximum Gasteiger partial charge on any atom is 0.500 e. The molecule has 0 spiro atoms. The van der Waals surface area contributed by atoms with Crippen molar-refractivity contribution in [2.24, 2.45) is 0 Å². The van der Waals surface area contributed by atoms with Gasteiger partial charge in [-0.15, -0.1) is 0 Å². The minimum Gasteiger partial charge on any atom is -0.377 e. The minimum absolute atomic E-state index is 0.543. The van der Waals surface area contributed by atoms with E-state index in [4.69, 9.17) is 18.5 Å². The molecule has 6 heteroatoms. The molecule has 0 aromatic heterocycles. The third-order valence-electron chi connectivity index (χ3n) is 2.18. The van der Waals surface area contributed by atoms with E-state index in [1.807, 2.05) is 0 Å². The number of hydrogen-bond donors (Lipinski definition) is 1. The highest BCUT2D eigenvalue weighted by atomic mass is 28.4. The Balaban J connectivity index is 3.59. The Morgan fingerprint density at radius 1 is 1.13 bits per heavy atom. The number of nitrogens with one attached hydrogen (secondary N) is 1. The standard InChI is InChI=1S/C9H20N2O3Si/c1-12-15(13-2,14-3)9-5-8-11-7-4-6-10/h11H,4-5,7-9H2,1-3H3. The summed E-state index contributed by atoms with van der Waals surface area (Å²) in [7, 11) is 2.45. The summed E-state index contributed by atoms with van der Waals surface area (Å²) in [6, 6.07) is 2.87. The molecule has 0 fully saturated rings. The van der Waals surface area contributed by atoms with Gasteiger partial charge in [0.05, 0.1) is 6.07 Å². The second kappa shape index (κ2) is 8.82. The lowest BCUT2D eigenvalue weighted by atomic mass is 10.4. The molecule has 0 saturated carbocycles. The Morgan fingerprint density at radius 2 is 1.73 bits per heavy atom.